The lowest BCUT2D eigenvalue weighted by Crippen LogP contribution is -2.64. The van der Waals surface area contributed by atoms with E-state index in [-0.39, 0.29) is 29.7 Å². The zero-order valence-corrected chi connectivity index (χ0v) is 9.95. The quantitative estimate of drug-likeness (QED) is 0.666. The van der Waals surface area contributed by atoms with Gasteiger partial charge < -0.3 is 9.47 Å². The van der Waals surface area contributed by atoms with Crippen LogP contribution in [0, 0.1) is 5.92 Å². The van der Waals surface area contributed by atoms with E-state index in [1.54, 1.807) is 0 Å². The molecule has 0 spiro atoms. The number of ketones is 1. The Morgan fingerprint density at radius 2 is 2.00 bits per heavy atom. The molecule has 2 aliphatic rings. The maximum atomic E-state index is 11.6. The molecule has 0 aromatic rings. The van der Waals surface area contributed by atoms with Crippen molar-refractivity contribution < 1.29 is 14.3 Å². The fourth-order valence-electron chi connectivity index (χ4n) is 2.71. The maximum absolute atomic E-state index is 11.6. The molecule has 3 heteroatoms. The number of rotatable bonds is 1. The van der Waals surface area contributed by atoms with Crippen molar-refractivity contribution >= 4 is 5.78 Å². The lowest BCUT2D eigenvalue weighted by molar-refractivity contribution is -0.214. The van der Waals surface area contributed by atoms with E-state index in [0.29, 0.717) is 12.3 Å². The van der Waals surface area contributed by atoms with Gasteiger partial charge in [0.05, 0.1) is 12.2 Å². The molecule has 0 aromatic heterocycles. The Kier molecular flexibility index (Phi) is 2.63. The van der Waals surface area contributed by atoms with Gasteiger partial charge in [-0.15, -0.1) is 0 Å². The van der Waals surface area contributed by atoms with E-state index in [1.165, 1.54) is 0 Å². The lowest BCUT2D eigenvalue weighted by atomic mass is 9.68. The lowest BCUT2D eigenvalue weighted by Gasteiger charge is -2.49. The largest absolute Gasteiger partial charge is 0.368 e. The van der Waals surface area contributed by atoms with Gasteiger partial charge >= 0.3 is 0 Å². The van der Waals surface area contributed by atoms with Crippen LogP contribution in [0.15, 0.2) is 0 Å². The molecule has 1 aliphatic heterocycles. The summed E-state index contributed by atoms with van der Waals surface area (Å²) >= 11 is 0. The summed E-state index contributed by atoms with van der Waals surface area (Å²) < 4.78 is 11.8. The summed E-state index contributed by atoms with van der Waals surface area (Å²) in [4.78, 5) is 11.6. The van der Waals surface area contributed by atoms with Gasteiger partial charge in [-0.3, -0.25) is 4.79 Å². The third-order valence-corrected chi connectivity index (χ3v) is 3.62. The van der Waals surface area contributed by atoms with Gasteiger partial charge in [-0.05, 0) is 26.2 Å². The molecule has 0 N–H and O–H groups in total. The molecule has 0 unspecified atom stereocenters. The smallest absolute Gasteiger partial charge is 0.167 e. The molecular formula is C12H20O3. The normalized spacial score (nSPS) is 45.9. The Bertz CT molecular complexity index is 274. The first-order chi connectivity index (χ1) is 6.95. The summed E-state index contributed by atoms with van der Waals surface area (Å²) in [5.41, 5.74) is -0.346. The number of hydrogen-bond donors (Lipinski definition) is 0. The van der Waals surface area contributed by atoms with Gasteiger partial charge in [0, 0.05) is 6.42 Å². The number of carbonyl (C=O) groups excluding carboxylic acids is 1. The second kappa shape index (κ2) is 3.56. The van der Waals surface area contributed by atoms with Crippen molar-refractivity contribution in [3.05, 3.63) is 0 Å². The second-order valence-corrected chi connectivity index (χ2v) is 5.24. The van der Waals surface area contributed by atoms with Crippen LogP contribution in [0.2, 0.25) is 0 Å². The van der Waals surface area contributed by atoms with Crippen molar-refractivity contribution in [2.75, 3.05) is 0 Å². The molecule has 0 aromatic carbocycles. The van der Waals surface area contributed by atoms with Gasteiger partial charge in [-0.1, -0.05) is 13.8 Å². The van der Waals surface area contributed by atoms with Crippen molar-refractivity contribution in [1.82, 2.24) is 0 Å². The molecule has 1 saturated heterocycles. The molecule has 86 valence electrons. The number of hydrogen-bond acceptors (Lipinski definition) is 3. The van der Waals surface area contributed by atoms with Crippen LogP contribution in [-0.2, 0) is 14.3 Å². The van der Waals surface area contributed by atoms with Gasteiger partial charge in [0.15, 0.2) is 5.78 Å². The van der Waals surface area contributed by atoms with Gasteiger partial charge in [-0.25, -0.2) is 0 Å². The highest BCUT2D eigenvalue weighted by Gasteiger charge is 2.59. The Hall–Kier alpha value is -0.410. The highest BCUT2D eigenvalue weighted by Crippen LogP contribution is 2.45. The Morgan fingerprint density at radius 3 is 2.53 bits per heavy atom. The minimum Gasteiger partial charge on any atom is -0.368 e. The first kappa shape index (κ1) is 11.1. The summed E-state index contributed by atoms with van der Waals surface area (Å²) in [5.74, 6) is 0.526. The van der Waals surface area contributed by atoms with E-state index in [1.807, 2.05) is 6.92 Å². The van der Waals surface area contributed by atoms with Gasteiger partial charge in [-0.2, -0.15) is 0 Å². The van der Waals surface area contributed by atoms with Gasteiger partial charge in [0.2, 0.25) is 0 Å². The first-order valence-electron chi connectivity index (χ1n) is 5.81. The van der Waals surface area contributed by atoms with E-state index >= 15 is 0 Å². The van der Waals surface area contributed by atoms with Crippen molar-refractivity contribution in [2.24, 2.45) is 5.92 Å². The Labute approximate surface area is 91.1 Å². The van der Waals surface area contributed by atoms with Gasteiger partial charge in [0.25, 0.3) is 0 Å². The average molecular weight is 212 g/mol. The van der Waals surface area contributed by atoms with Crippen LogP contribution in [0.5, 0.6) is 0 Å². The molecule has 1 aliphatic carbocycles. The third-order valence-electron chi connectivity index (χ3n) is 3.62. The van der Waals surface area contributed by atoms with E-state index in [2.05, 4.69) is 20.8 Å². The molecule has 0 amide bonds. The summed E-state index contributed by atoms with van der Waals surface area (Å²) in [7, 11) is 0. The summed E-state index contributed by atoms with van der Waals surface area (Å²) in [6.45, 7) is 8.29. The second-order valence-electron chi connectivity index (χ2n) is 5.24. The van der Waals surface area contributed by atoms with Crippen LogP contribution in [0.3, 0.4) is 0 Å². The van der Waals surface area contributed by atoms with Crippen molar-refractivity contribution in [2.45, 2.75) is 64.4 Å². The SMILES string of the molecule is CC(C)[C@]12CC(=O)[C@H]1O[C@@H](C)C[C@H](C)O2. The van der Waals surface area contributed by atoms with Crippen LogP contribution >= 0.6 is 0 Å². The van der Waals surface area contributed by atoms with Crippen LogP contribution in [0.25, 0.3) is 0 Å². The molecule has 4 atom stereocenters. The zero-order chi connectivity index (χ0) is 11.2. The highest BCUT2D eigenvalue weighted by atomic mass is 16.6. The monoisotopic (exact) mass is 212 g/mol. The molecule has 3 nitrogen and oxygen atoms in total. The number of fused-ring (bicyclic) bond motifs is 1. The van der Waals surface area contributed by atoms with Gasteiger partial charge in [0.1, 0.15) is 11.7 Å². The van der Waals surface area contributed by atoms with Crippen LogP contribution in [-0.4, -0.2) is 29.7 Å². The molecule has 2 rings (SSSR count). The zero-order valence-electron chi connectivity index (χ0n) is 9.95. The minimum atomic E-state index is -0.346. The fraction of sp³-hybridized carbons (Fsp3) is 0.917. The molecule has 15 heavy (non-hydrogen) atoms. The van der Waals surface area contributed by atoms with Crippen LogP contribution in [0.1, 0.15) is 40.5 Å². The number of carbonyl (C=O) groups is 1. The predicted octanol–water partition coefficient (Wildman–Crippen LogP) is 1.94. The molecule has 0 bridgehead atoms. The number of ether oxygens (including phenoxy) is 2. The maximum Gasteiger partial charge on any atom is 0.167 e. The van der Waals surface area contributed by atoms with Crippen LogP contribution in [0.4, 0.5) is 0 Å². The van der Waals surface area contributed by atoms with E-state index in [9.17, 15) is 4.79 Å². The average Bonchev–Trinajstić information content (AvgIpc) is 2.21. The summed E-state index contributed by atoms with van der Waals surface area (Å²) in [6.07, 6.45) is 1.37. The molecule has 1 saturated carbocycles. The minimum absolute atomic E-state index is 0.120. The van der Waals surface area contributed by atoms with Crippen molar-refractivity contribution in [1.29, 1.82) is 0 Å². The Balaban J connectivity index is 2.24. The topological polar surface area (TPSA) is 35.5 Å². The predicted molar refractivity (Wildman–Crippen MR) is 56.7 cm³/mol. The van der Waals surface area contributed by atoms with Crippen LogP contribution < -0.4 is 0 Å². The summed E-state index contributed by atoms with van der Waals surface area (Å²) in [5, 5.41) is 0. The number of Topliss-reactive ketones (excluding diaryl/α,β-unsaturated/α-hetero) is 1. The molecule has 1 heterocycles. The summed E-state index contributed by atoms with van der Waals surface area (Å²) in [6, 6.07) is 0. The standard InChI is InChI=1S/C12H20O3/c1-7(2)12-6-10(13)11(12)14-8(3)5-9(4)15-12/h7-9,11H,5-6H2,1-4H3/t8-,9-,11+,12+/m0/s1. The molecular weight excluding hydrogens is 192 g/mol. The van der Waals surface area contributed by atoms with E-state index < -0.39 is 0 Å². The first-order valence-corrected chi connectivity index (χ1v) is 5.81. The van der Waals surface area contributed by atoms with E-state index in [0.717, 1.165) is 6.42 Å². The van der Waals surface area contributed by atoms with Crippen molar-refractivity contribution in [3.8, 4) is 0 Å². The molecule has 2 fully saturated rings. The Morgan fingerprint density at radius 1 is 1.33 bits per heavy atom. The van der Waals surface area contributed by atoms with Crippen molar-refractivity contribution in [3.63, 3.8) is 0 Å². The highest BCUT2D eigenvalue weighted by molar-refractivity contribution is 5.92. The third kappa shape index (κ3) is 1.62. The molecule has 0 radical (unpaired) electrons. The van der Waals surface area contributed by atoms with E-state index in [4.69, 9.17) is 9.47 Å². The fourth-order valence-corrected chi connectivity index (χ4v) is 2.71.